The molecule has 0 radical (unpaired) electrons. The number of halogens is 1. The molecule has 110 valence electrons. The number of benzene rings is 1. The average molecular weight is 297 g/mol. The summed E-state index contributed by atoms with van der Waals surface area (Å²) in [6.45, 7) is 4.46. The van der Waals surface area contributed by atoms with Crippen LogP contribution in [0.2, 0.25) is 0 Å². The van der Waals surface area contributed by atoms with Crippen molar-refractivity contribution in [2.75, 3.05) is 11.9 Å². The number of hydrogen-bond donors (Lipinski definition) is 2. The number of nitrogens with one attached hydrogen (secondary N) is 1. The van der Waals surface area contributed by atoms with Crippen molar-refractivity contribution in [3.8, 4) is 0 Å². The van der Waals surface area contributed by atoms with Crippen molar-refractivity contribution in [2.24, 2.45) is 5.73 Å². The van der Waals surface area contributed by atoms with Crippen LogP contribution in [0.5, 0.6) is 0 Å². The Morgan fingerprint density at radius 1 is 1.20 bits per heavy atom. The fourth-order valence-electron chi connectivity index (χ4n) is 1.69. The van der Waals surface area contributed by atoms with E-state index in [0.717, 1.165) is 19.4 Å². The molecule has 2 rings (SSSR count). The van der Waals surface area contributed by atoms with Gasteiger partial charge in [-0.25, -0.2) is 0 Å². The minimum Gasteiger partial charge on any atom is -0.406 e. The van der Waals surface area contributed by atoms with Crippen molar-refractivity contribution in [3.05, 3.63) is 41.8 Å². The molecule has 0 amide bonds. The van der Waals surface area contributed by atoms with E-state index >= 15 is 0 Å². The van der Waals surface area contributed by atoms with E-state index < -0.39 is 5.54 Å². The average Bonchev–Trinajstić information content (AvgIpc) is 2.85. The van der Waals surface area contributed by atoms with Crippen LogP contribution < -0.4 is 11.1 Å². The van der Waals surface area contributed by atoms with Crippen LogP contribution in [0.25, 0.3) is 0 Å². The van der Waals surface area contributed by atoms with E-state index in [0.29, 0.717) is 11.9 Å². The Kier molecular flexibility index (Phi) is 5.98. The fourth-order valence-corrected chi connectivity index (χ4v) is 1.69. The highest BCUT2D eigenvalue weighted by Gasteiger charge is 2.21. The van der Waals surface area contributed by atoms with Gasteiger partial charge in [-0.15, -0.1) is 17.5 Å². The molecule has 1 aromatic carbocycles. The number of nitrogens with two attached hydrogens (primary N) is 1. The first-order valence-corrected chi connectivity index (χ1v) is 6.46. The number of hydrogen-bond acceptors (Lipinski definition) is 5. The maximum Gasteiger partial charge on any atom is 0.315 e. The molecule has 0 aliphatic rings. The summed E-state index contributed by atoms with van der Waals surface area (Å²) in [5, 5.41) is 11.0. The van der Waals surface area contributed by atoms with E-state index in [1.807, 2.05) is 19.9 Å². The summed E-state index contributed by atoms with van der Waals surface area (Å²) in [7, 11) is 0. The van der Waals surface area contributed by atoms with E-state index in [2.05, 4.69) is 39.8 Å². The molecule has 2 aromatic rings. The van der Waals surface area contributed by atoms with Crippen LogP contribution in [0.3, 0.4) is 0 Å². The van der Waals surface area contributed by atoms with E-state index in [-0.39, 0.29) is 12.4 Å². The molecule has 0 spiro atoms. The summed E-state index contributed by atoms with van der Waals surface area (Å²) >= 11 is 0. The van der Waals surface area contributed by atoms with Gasteiger partial charge in [0.05, 0.1) is 5.54 Å². The van der Waals surface area contributed by atoms with Gasteiger partial charge in [0.15, 0.2) is 0 Å². The molecule has 3 N–H and O–H groups in total. The zero-order valence-electron chi connectivity index (χ0n) is 11.8. The Balaban J connectivity index is 0.00000200. The van der Waals surface area contributed by atoms with Crippen LogP contribution in [0.1, 0.15) is 31.7 Å². The molecule has 6 heteroatoms. The second kappa shape index (κ2) is 7.26. The van der Waals surface area contributed by atoms with Crippen molar-refractivity contribution in [2.45, 2.75) is 32.2 Å². The third-order valence-electron chi connectivity index (χ3n) is 2.74. The highest BCUT2D eigenvalue weighted by Crippen LogP contribution is 2.17. The molecule has 1 aromatic heterocycles. The van der Waals surface area contributed by atoms with Gasteiger partial charge in [-0.05, 0) is 32.3 Å². The third kappa shape index (κ3) is 4.83. The standard InChI is InChI=1S/C14H20N4O.ClH/c1-14(2,15)12-17-18-13(19-12)16-10-6-9-11-7-4-3-5-8-11;/h3-5,7-8H,6,9-10,15H2,1-2H3,(H,16,18);1H. The number of aromatic nitrogens is 2. The lowest BCUT2D eigenvalue weighted by atomic mass is 10.1. The van der Waals surface area contributed by atoms with Gasteiger partial charge in [0.25, 0.3) is 0 Å². The molecule has 0 atom stereocenters. The maximum atomic E-state index is 5.88. The van der Waals surface area contributed by atoms with Crippen molar-refractivity contribution in [1.82, 2.24) is 10.2 Å². The fraction of sp³-hybridized carbons (Fsp3) is 0.429. The Bertz CT molecular complexity index is 507. The van der Waals surface area contributed by atoms with Gasteiger partial charge < -0.3 is 15.5 Å². The minimum atomic E-state index is -0.600. The van der Waals surface area contributed by atoms with Crippen molar-refractivity contribution in [1.29, 1.82) is 0 Å². The Morgan fingerprint density at radius 2 is 1.90 bits per heavy atom. The summed E-state index contributed by atoms with van der Waals surface area (Å²) in [6, 6.07) is 10.8. The van der Waals surface area contributed by atoms with Gasteiger partial charge in [-0.3, -0.25) is 0 Å². The molecule has 0 bridgehead atoms. The highest BCUT2D eigenvalue weighted by atomic mass is 35.5. The summed E-state index contributed by atoms with van der Waals surface area (Å²) in [4.78, 5) is 0. The first kappa shape index (κ1) is 16.5. The van der Waals surface area contributed by atoms with Crippen LogP contribution in [-0.2, 0) is 12.0 Å². The second-order valence-electron chi connectivity index (χ2n) is 5.15. The molecule has 5 nitrogen and oxygen atoms in total. The molecule has 0 fully saturated rings. The number of aryl methyl sites for hydroxylation is 1. The van der Waals surface area contributed by atoms with E-state index in [4.69, 9.17) is 10.2 Å². The second-order valence-corrected chi connectivity index (χ2v) is 5.15. The van der Waals surface area contributed by atoms with E-state index in [1.165, 1.54) is 5.56 Å². The molecule has 0 aliphatic heterocycles. The Morgan fingerprint density at radius 3 is 2.50 bits per heavy atom. The minimum absolute atomic E-state index is 0. The predicted molar refractivity (Wildman–Crippen MR) is 82.0 cm³/mol. The van der Waals surface area contributed by atoms with Crippen LogP contribution in [-0.4, -0.2) is 16.7 Å². The number of rotatable bonds is 6. The molecule has 0 unspecified atom stereocenters. The van der Waals surface area contributed by atoms with Crippen molar-refractivity contribution in [3.63, 3.8) is 0 Å². The van der Waals surface area contributed by atoms with Crippen molar-refractivity contribution < 1.29 is 4.42 Å². The number of nitrogens with zero attached hydrogens (tertiary/aromatic N) is 2. The molecule has 0 aliphatic carbocycles. The normalized spacial score (nSPS) is 10.9. The summed E-state index contributed by atoms with van der Waals surface area (Å²) in [6.07, 6.45) is 2.03. The lowest BCUT2D eigenvalue weighted by Crippen LogP contribution is -2.29. The summed E-state index contributed by atoms with van der Waals surface area (Å²) in [5.41, 5.74) is 6.61. The van der Waals surface area contributed by atoms with Gasteiger partial charge in [-0.2, -0.15) is 0 Å². The van der Waals surface area contributed by atoms with Crippen LogP contribution in [0, 0.1) is 0 Å². The molecule has 20 heavy (non-hydrogen) atoms. The molecule has 1 heterocycles. The summed E-state index contributed by atoms with van der Waals surface area (Å²) in [5.74, 6) is 0.443. The van der Waals surface area contributed by atoms with Gasteiger partial charge in [0.1, 0.15) is 0 Å². The largest absolute Gasteiger partial charge is 0.406 e. The summed E-state index contributed by atoms with van der Waals surface area (Å²) < 4.78 is 5.44. The van der Waals surface area contributed by atoms with Crippen LogP contribution in [0.15, 0.2) is 34.7 Å². The first-order valence-electron chi connectivity index (χ1n) is 6.46. The Hall–Kier alpha value is -1.59. The first-order chi connectivity index (χ1) is 9.05. The van der Waals surface area contributed by atoms with Gasteiger partial charge in [0, 0.05) is 6.54 Å². The van der Waals surface area contributed by atoms with Gasteiger partial charge >= 0.3 is 6.01 Å². The quantitative estimate of drug-likeness (QED) is 0.802. The zero-order chi connectivity index (χ0) is 13.7. The highest BCUT2D eigenvalue weighted by molar-refractivity contribution is 5.85. The number of anilines is 1. The molecule has 0 saturated carbocycles. The molecular weight excluding hydrogens is 276 g/mol. The molecule has 0 saturated heterocycles. The van der Waals surface area contributed by atoms with E-state index in [9.17, 15) is 0 Å². The smallest absolute Gasteiger partial charge is 0.315 e. The molecular formula is C14H21ClN4O. The lowest BCUT2D eigenvalue weighted by molar-refractivity contribution is 0.384. The van der Waals surface area contributed by atoms with Crippen molar-refractivity contribution >= 4 is 18.4 Å². The Labute approximate surface area is 125 Å². The van der Waals surface area contributed by atoms with Gasteiger partial charge in [-0.1, -0.05) is 35.4 Å². The monoisotopic (exact) mass is 296 g/mol. The van der Waals surface area contributed by atoms with Crippen LogP contribution in [0.4, 0.5) is 6.01 Å². The van der Waals surface area contributed by atoms with Crippen LogP contribution >= 0.6 is 12.4 Å². The van der Waals surface area contributed by atoms with Gasteiger partial charge in [0.2, 0.25) is 5.89 Å². The lowest BCUT2D eigenvalue weighted by Gasteiger charge is -2.11. The topological polar surface area (TPSA) is 77.0 Å². The maximum absolute atomic E-state index is 5.88. The predicted octanol–water partition coefficient (Wildman–Crippen LogP) is 2.73. The zero-order valence-corrected chi connectivity index (χ0v) is 12.6. The van der Waals surface area contributed by atoms with E-state index in [1.54, 1.807) is 0 Å². The SMILES string of the molecule is CC(C)(N)c1nnc(NCCCc2ccccc2)o1.Cl. The third-order valence-corrected chi connectivity index (χ3v) is 2.74.